The number of aliphatic hydroxyl groups is 1. The van der Waals surface area contributed by atoms with Gasteiger partial charge in [0.05, 0.1) is 18.4 Å². The van der Waals surface area contributed by atoms with Gasteiger partial charge in [-0.3, -0.25) is 9.58 Å². The molecule has 1 fully saturated rings. The molecule has 0 spiro atoms. The second-order valence-electron chi connectivity index (χ2n) is 10.0. The van der Waals surface area contributed by atoms with Gasteiger partial charge >= 0.3 is 0 Å². The van der Waals surface area contributed by atoms with E-state index in [-0.39, 0.29) is 0 Å². The molecule has 188 valence electrons. The Morgan fingerprint density at radius 3 is 2.54 bits per heavy atom. The molecule has 1 aromatic heterocycles. The number of ether oxygens (including phenoxy) is 2. The standard InChI is InChI=1S/C29H39N3O3/c1-23-6-11-28(25(3)18-23)35-22-29(33)12-4-14-31(16-13-29)21-26-7-9-27(10-8-26)34-17-5-15-32-20-24(2)19-30-32/h6-11,18-20,33H,4-5,12-17,21-22H2,1-3H3. The SMILES string of the molecule is Cc1ccc(OCC2(O)CCCN(Cc3ccc(OCCCn4cc(C)cn4)cc3)CC2)c(C)c1. The Hall–Kier alpha value is -2.83. The Labute approximate surface area is 209 Å². The molecule has 0 bridgehead atoms. The van der Waals surface area contributed by atoms with Crippen molar-refractivity contribution in [3.8, 4) is 11.5 Å². The monoisotopic (exact) mass is 477 g/mol. The van der Waals surface area contributed by atoms with Gasteiger partial charge in [0.2, 0.25) is 0 Å². The number of rotatable bonds is 10. The fraction of sp³-hybridized carbons (Fsp3) is 0.483. The third-order valence-electron chi connectivity index (χ3n) is 6.73. The normalized spacial score (nSPS) is 18.9. The molecule has 6 nitrogen and oxygen atoms in total. The van der Waals surface area contributed by atoms with E-state index in [4.69, 9.17) is 9.47 Å². The maximum Gasteiger partial charge on any atom is 0.122 e. The molecule has 4 rings (SSSR count). The summed E-state index contributed by atoms with van der Waals surface area (Å²) >= 11 is 0. The first-order valence-electron chi connectivity index (χ1n) is 12.7. The summed E-state index contributed by atoms with van der Waals surface area (Å²) in [5.74, 6) is 1.77. The molecular formula is C29H39N3O3. The second kappa shape index (κ2) is 11.7. The van der Waals surface area contributed by atoms with Crippen molar-refractivity contribution in [1.29, 1.82) is 0 Å². The summed E-state index contributed by atoms with van der Waals surface area (Å²) in [5.41, 5.74) is 4.00. The highest BCUT2D eigenvalue weighted by atomic mass is 16.5. The van der Waals surface area contributed by atoms with Crippen LogP contribution in [-0.2, 0) is 13.1 Å². The van der Waals surface area contributed by atoms with Gasteiger partial charge in [-0.05, 0) is 81.5 Å². The fourth-order valence-electron chi connectivity index (χ4n) is 4.67. The smallest absolute Gasteiger partial charge is 0.122 e. The van der Waals surface area contributed by atoms with E-state index in [9.17, 15) is 5.11 Å². The van der Waals surface area contributed by atoms with Crippen molar-refractivity contribution in [2.45, 2.75) is 65.1 Å². The molecule has 35 heavy (non-hydrogen) atoms. The van der Waals surface area contributed by atoms with Crippen molar-refractivity contribution >= 4 is 0 Å². The highest BCUT2D eigenvalue weighted by Crippen LogP contribution is 2.27. The van der Waals surface area contributed by atoms with Crippen LogP contribution in [0.25, 0.3) is 0 Å². The first kappa shape index (κ1) is 25.3. The van der Waals surface area contributed by atoms with Crippen molar-refractivity contribution in [3.05, 3.63) is 77.1 Å². The van der Waals surface area contributed by atoms with E-state index in [1.807, 2.05) is 16.9 Å². The van der Waals surface area contributed by atoms with E-state index in [0.717, 1.165) is 68.9 Å². The van der Waals surface area contributed by atoms with Gasteiger partial charge in [0.1, 0.15) is 18.1 Å². The van der Waals surface area contributed by atoms with Crippen LogP contribution in [0.4, 0.5) is 0 Å². The lowest BCUT2D eigenvalue weighted by Crippen LogP contribution is -2.37. The van der Waals surface area contributed by atoms with E-state index in [2.05, 4.69) is 73.4 Å². The summed E-state index contributed by atoms with van der Waals surface area (Å²) < 4.78 is 13.9. The number of hydrogen-bond acceptors (Lipinski definition) is 5. The number of benzene rings is 2. The van der Waals surface area contributed by atoms with Crippen molar-refractivity contribution in [1.82, 2.24) is 14.7 Å². The highest BCUT2D eigenvalue weighted by molar-refractivity contribution is 5.35. The zero-order valence-electron chi connectivity index (χ0n) is 21.4. The van der Waals surface area contributed by atoms with Crippen molar-refractivity contribution in [2.75, 3.05) is 26.3 Å². The number of nitrogens with zero attached hydrogens (tertiary/aromatic N) is 3. The lowest BCUT2D eigenvalue weighted by molar-refractivity contribution is -0.0170. The first-order valence-corrected chi connectivity index (χ1v) is 12.7. The topological polar surface area (TPSA) is 59.8 Å². The van der Waals surface area contributed by atoms with Crippen molar-refractivity contribution < 1.29 is 14.6 Å². The van der Waals surface area contributed by atoms with Crippen LogP contribution in [0.2, 0.25) is 0 Å². The number of aromatic nitrogens is 2. The van der Waals surface area contributed by atoms with Gasteiger partial charge in [0.15, 0.2) is 0 Å². The Bertz CT molecular complexity index is 1080. The predicted molar refractivity (Wildman–Crippen MR) is 139 cm³/mol. The van der Waals surface area contributed by atoms with Gasteiger partial charge in [-0.25, -0.2) is 0 Å². The minimum Gasteiger partial charge on any atom is -0.494 e. The lowest BCUT2D eigenvalue weighted by Gasteiger charge is -2.27. The molecule has 1 aliphatic rings. The van der Waals surface area contributed by atoms with Crippen LogP contribution in [0.5, 0.6) is 11.5 Å². The van der Waals surface area contributed by atoms with Gasteiger partial charge in [-0.1, -0.05) is 29.8 Å². The summed E-state index contributed by atoms with van der Waals surface area (Å²) in [6, 6.07) is 14.6. The van der Waals surface area contributed by atoms with E-state index in [0.29, 0.717) is 13.2 Å². The fourth-order valence-corrected chi connectivity index (χ4v) is 4.67. The van der Waals surface area contributed by atoms with E-state index in [1.54, 1.807) is 0 Å². The van der Waals surface area contributed by atoms with Crippen molar-refractivity contribution in [2.24, 2.45) is 0 Å². The Kier molecular flexibility index (Phi) is 8.47. The molecule has 1 atom stereocenters. The summed E-state index contributed by atoms with van der Waals surface area (Å²) in [4.78, 5) is 2.43. The first-order chi connectivity index (χ1) is 16.9. The largest absolute Gasteiger partial charge is 0.494 e. The molecule has 0 saturated carbocycles. The quantitative estimate of drug-likeness (QED) is 0.413. The minimum atomic E-state index is -0.779. The molecule has 0 aliphatic carbocycles. The van der Waals surface area contributed by atoms with Crippen LogP contribution >= 0.6 is 0 Å². The molecule has 0 radical (unpaired) electrons. The summed E-state index contributed by atoms with van der Waals surface area (Å²) in [6.07, 6.45) is 7.30. The average Bonchev–Trinajstić information content (AvgIpc) is 3.16. The summed E-state index contributed by atoms with van der Waals surface area (Å²) in [7, 11) is 0. The molecule has 3 aromatic rings. The van der Waals surface area contributed by atoms with Crippen LogP contribution < -0.4 is 9.47 Å². The van der Waals surface area contributed by atoms with Gasteiger partial charge in [0.25, 0.3) is 0 Å². The lowest BCUT2D eigenvalue weighted by atomic mass is 9.96. The van der Waals surface area contributed by atoms with Crippen molar-refractivity contribution in [3.63, 3.8) is 0 Å². The Morgan fingerprint density at radius 2 is 1.80 bits per heavy atom. The van der Waals surface area contributed by atoms with Gasteiger partial charge in [-0.15, -0.1) is 0 Å². The zero-order chi connectivity index (χ0) is 24.7. The van der Waals surface area contributed by atoms with Crippen LogP contribution in [0.15, 0.2) is 54.9 Å². The number of hydrogen-bond donors (Lipinski definition) is 1. The van der Waals surface area contributed by atoms with E-state index in [1.165, 1.54) is 16.7 Å². The average molecular weight is 478 g/mol. The molecule has 1 N–H and O–H groups in total. The molecular weight excluding hydrogens is 438 g/mol. The Balaban J connectivity index is 1.20. The van der Waals surface area contributed by atoms with Crippen LogP contribution in [-0.4, -0.2) is 51.7 Å². The minimum absolute atomic E-state index is 0.344. The molecule has 2 aromatic carbocycles. The molecule has 1 saturated heterocycles. The van der Waals surface area contributed by atoms with Crippen LogP contribution in [0.1, 0.15) is 47.9 Å². The maximum absolute atomic E-state index is 11.2. The Morgan fingerprint density at radius 1 is 0.971 bits per heavy atom. The predicted octanol–water partition coefficient (Wildman–Crippen LogP) is 5.07. The highest BCUT2D eigenvalue weighted by Gasteiger charge is 2.31. The molecule has 6 heteroatoms. The zero-order valence-corrected chi connectivity index (χ0v) is 21.4. The maximum atomic E-state index is 11.2. The molecule has 1 aliphatic heterocycles. The third-order valence-corrected chi connectivity index (χ3v) is 6.73. The van der Waals surface area contributed by atoms with E-state index >= 15 is 0 Å². The number of aryl methyl sites for hydroxylation is 4. The van der Waals surface area contributed by atoms with Gasteiger partial charge < -0.3 is 14.6 Å². The van der Waals surface area contributed by atoms with Crippen LogP contribution in [0.3, 0.4) is 0 Å². The molecule has 1 unspecified atom stereocenters. The summed E-state index contributed by atoms with van der Waals surface area (Å²) in [6.45, 7) is 10.8. The van der Waals surface area contributed by atoms with E-state index < -0.39 is 5.60 Å². The third kappa shape index (κ3) is 7.58. The number of likely N-dealkylation sites (tertiary alicyclic amines) is 1. The van der Waals surface area contributed by atoms with Gasteiger partial charge in [0, 0.05) is 32.3 Å². The summed E-state index contributed by atoms with van der Waals surface area (Å²) in [5, 5.41) is 15.5. The van der Waals surface area contributed by atoms with Gasteiger partial charge in [-0.2, -0.15) is 5.10 Å². The van der Waals surface area contributed by atoms with Crippen LogP contribution in [0, 0.1) is 20.8 Å². The molecule has 2 heterocycles. The molecule has 0 amide bonds. The second-order valence-corrected chi connectivity index (χ2v) is 10.0.